The molecule has 0 spiro atoms. The number of fused-ring (bicyclic) bond motifs is 1. The Morgan fingerprint density at radius 3 is 2.50 bits per heavy atom. The molecule has 1 aliphatic heterocycles. The lowest BCUT2D eigenvalue weighted by molar-refractivity contribution is -0.131. The second-order valence-electron chi connectivity index (χ2n) is 7.36. The second-order valence-corrected chi connectivity index (χ2v) is 7.36. The molecule has 0 unspecified atom stereocenters. The van der Waals surface area contributed by atoms with E-state index in [2.05, 4.69) is 35.6 Å². The number of carbonyl (C=O) groups is 2. The first-order valence-electron chi connectivity index (χ1n) is 9.94. The molecule has 3 rings (SSSR count). The van der Waals surface area contributed by atoms with E-state index >= 15 is 0 Å². The zero-order valence-corrected chi connectivity index (χ0v) is 16.1. The Morgan fingerprint density at radius 2 is 1.75 bits per heavy atom. The number of hydrogen-bond donors (Lipinski definition) is 3. The standard InChI is InChI=1S/C22H28N2O4/c25-20(24-27)8-2-1-5-13-23-21(26)22(11-14-28-15-12-22)19-10-9-17-6-3-4-7-18(17)16-19/h3-4,6-7,9-10,16,27H,1-2,5,8,11-15H2,(H,23,26)(H,24,25). The summed E-state index contributed by atoms with van der Waals surface area (Å²) >= 11 is 0. The van der Waals surface area contributed by atoms with Gasteiger partial charge in [-0.2, -0.15) is 0 Å². The Balaban J connectivity index is 1.65. The molecule has 0 radical (unpaired) electrons. The van der Waals surface area contributed by atoms with E-state index in [1.165, 1.54) is 5.39 Å². The van der Waals surface area contributed by atoms with Gasteiger partial charge in [-0.3, -0.25) is 14.8 Å². The van der Waals surface area contributed by atoms with Crippen LogP contribution in [0.15, 0.2) is 42.5 Å². The third-order valence-corrected chi connectivity index (χ3v) is 5.57. The van der Waals surface area contributed by atoms with Crippen molar-refractivity contribution in [3.63, 3.8) is 0 Å². The van der Waals surface area contributed by atoms with Crippen molar-refractivity contribution in [1.29, 1.82) is 0 Å². The number of hydrogen-bond acceptors (Lipinski definition) is 4. The maximum Gasteiger partial charge on any atom is 0.243 e. The van der Waals surface area contributed by atoms with E-state index < -0.39 is 5.41 Å². The Morgan fingerprint density at radius 1 is 1.00 bits per heavy atom. The quantitative estimate of drug-likeness (QED) is 0.371. The summed E-state index contributed by atoms with van der Waals surface area (Å²) in [7, 11) is 0. The highest BCUT2D eigenvalue weighted by molar-refractivity contribution is 5.91. The van der Waals surface area contributed by atoms with Crippen LogP contribution in [0.5, 0.6) is 0 Å². The van der Waals surface area contributed by atoms with Crippen molar-refractivity contribution in [1.82, 2.24) is 10.8 Å². The van der Waals surface area contributed by atoms with Crippen LogP contribution in [0.2, 0.25) is 0 Å². The topological polar surface area (TPSA) is 87.7 Å². The summed E-state index contributed by atoms with van der Waals surface area (Å²) in [5.41, 5.74) is 2.12. The number of ether oxygens (including phenoxy) is 1. The molecule has 0 bridgehead atoms. The molecule has 0 aromatic heterocycles. The molecule has 28 heavy (non-hydrogen) atoms. The van der Waals surface area contributed by atoms with Crippen molar-refractivity contribution >= 4 is 22.6 Å². The maximum atomic E-state index is 13.2. The lowest BCUT2D eigenvalue weighted by Gasteiger charge is -2.36. The van der Waals surface area contributed by atoms with E-state index in [0.717, 1.165) is 23.8 Å². The van der Waals surface area contributed by atoms with Crippen LogP contribution in [0, 0.1) is 0 Å². The third-order valence-electron chi connectivity index (χ3n) is 5.57. The zero-order valence-electron chi connectivity index (χ0n) is 16.1. The molecule has 0 atom stereocenters. The van der Waals surface area contributed by atoms with Crippen LogP contribution in [0.25, 0.3) is 10.8 Å². The largest absolute Gasteiger partial charge is 0.381 e. The number of nitrogens with one attached hydrogen (secondary N) is 2. The molecular weight excluding hydrogens is 356 g/mol. The first-order valence-corrected chi connectivity index (χ1v) is 9.94. The summed E-state index contributed by atoms with van der Waals surface area (Å²) < 4.78 is 5.54. The average Bonchev–Trinajstić information content (AvgIpc) is 2.75. The van der Waals surface area contributed by atoms with Crippen LogP contribution >= 0.6 is 0 Å². The molecule has 150 valence electrons. The van der Waals surface area contributed by atoms with Crippen molar-refractivity contribution in [2.24, 2.45) is 0 Å². The fraction of sp³-hybridized carbons (Fsp3) is 0.455. The Hall–Kier alpha value is -2.44. The normalized spacial score (nSPS) is 15.9. The van der Waals surface area contributed by atoms with E-state index in [1.54, 1.807) is 5.48 Å². The molecule has 6 nitrogen and oxygen atoms in total. The molecule has 2 amide bonds. The van der Waals surface area contributed by atoms with Crippen molar-refractivity contribution in [2.75, 3.05) is 19.8 Å². The molecule has 1 heterocycles. The van der Waals surface area contributed by atoms with Gasteiger partial charge in [-0.1, -0.05) is 48.9 Å². The summed E-state index contributed by atoms with van der Waals surface area (Å²) in [5, 5.41) is 13.9. The summed E-state index contributed by atoms with van der Waals surface area (Å²) in [5.74, 6) is -0.319. The highest BCUT2D eigenvalue weighted by Crippen LogP contribution is 2.36. The van der Waals surface area contributed by atoms with Gasteiger partial charge in [-0.05, 0) is 42.0 Å². The van der Waals surface area contributed by atoms with Gasteiger partial charge < -0.3 is 10.1 Å². The number of benzene rings is 2. The third kappa shape index (κ3) is 4.69. The zero-order chi connectivity index (χ0) is 19.8. The molecule has 1 fully saturated rings. The summed E-state index contributed by atoms with van der Waals surface area (Å²) in [6, 6.07) is 14.5. The van der Waals surface area contributed by atoms with Crippen LogP contribution in [0.3, 0.4) is 0 Å². The van der Waals surface area contributed by atoms with Crippen molar-refractivity contribution in [2.45, 2.75) is 43.9 Å². The monoisotopic (exact) mass is 384 g/mol. The number of hydroxylamine groups is 1. The predicted octanol–water partition coefficient (Wildman–Crippen LogP) is 3.07. The van der Waals surface area contributed by atoms with Crippen LogP contribution in [0.4, 0.5) is 0 Å². The van der Waals surface area contributed by atoms with Gasteiger partial charge >= 0.3 is 0 Å². The lowest BCUT2D eigenvalue weighted by Crippen LogP contribution is -2.48. The van der Waals surface area contributed by atoms with E-state index in [4.69, 9.17) is 9.94 Å². The van der Waals surface area contributed by atoms with Gasteiger partial charge in [-0.15, -0.1) is 0 Å². The summed E-state index contributed by atoms with van der Waals surface area (Å²) in [4.78, 5) is 24.2. The van der Waals surface area contributed by atoms with Gasteiger partial charge in [0.25, 0.3) is 0 Å². The highest BCUT2D eigenvalue weighted by atomic mass is 16.5. The van der Waals surface area contributed by atoms with E-state index in [1.807, 2.05) is 12.1 Å². The van der Waals surface area contributed by atoms with Gasteiger partial charge in [-0.25, -0.2) is 5.48 Å². The molecule has 1 aliphatic rings. The molecular formula is C22H28N2O4. The SMILES string of the molecule is O=C(CCCCCNC(=O)C1(c2ccc3ccccc3c2)CCOCC1)NO. The first-order chi connectivity index (χ1) is 13.7. The minimum absolute atomic E-state index is 0.0548. The molecule has 0 aliphatic carbocycles. The van der Waals surface area contributed by atoms with Crippen LogP contribution in [-0.2, 0) is 19.7 Å². The van der Waals surface area contributed by atoms with Crippen molar-refractivity contribution in [3.8, 4) is 0 Å². The number of rotatable bonds is 8. The van der Waals surface area contributed by atoms with Gasteiger partial charge in [0.15, 0.2) is 0 Å². The molecule has 2 aromatic carbocycles. The van der Waals surface area contributed by atoms with Crippen LogP contribution < -0.4 is 10.8 Å². The molecule has 2 aromatic rings. The van der Waals surface area contributed by atoms with Crippen LogP contribution in [0.1, 0.15) is 44.1 Å². The highest BCUT2D eigenvalue weighted by Gasteiger charge is 2.41. The van der Waals surface area contributed by atoms with Crippen molar-refractivity contribution in [3.05, 3.63) is 48.0 Å². The van der Waals surface area contributed by atoms with Gasteiger partial charge in [0.05, 0.1) is 5.41 Å². The predicted molar refractivity (Wildman–Crippen MR) is 107 cm³/mol. The smallest absolute Gasteiger partial charge is 0.243 e. The molecule has 1 saturated heterocycles. The Labute approximate surface area is 165 Å². The maximum absolute atomic E-state index is 13.2. The fourth-order valence-electron chi connectivity index (χ4n) is 3.87. The van der Waals surface area contributed by atoms with E-state index in [9.17, 15) is 9.59 Å². The van der Waals surface area contributed by atoms with Gasteiger partial charge in [0.1, 0.15) is 0 Å². The van der Waals surface area contributed by atoms with Crippen LogP contribution in [-0.4, -0.2) is 36.8 Å². The van der Waals surface area contributed by atoms with Gasteiger partial charge in [0.2, 0.25) is 11.8 Å². The van der Waals surface area contributed by atoms with Crippen molar-refractivity contribution < 1.29 is 19.5 Å². The summed E-state index contributed by atoms with van der Waals surface area (Å²) in [6.07, 6.45) is 3.95. The number of unbranched alkanes of at least 4 members (excludes halogenated alkanes) is 2. The lowest BCUT2D eigenvalue weighted by atomic mass is 9.73. The van der Waals surface area contributed by atoms with E-state index in [0.29, 0.717) is 45.4 Å². The molecule has 3 N–H and O–H groups in total. The van der Waals surface area contributed by atoms with Gasteiger partial charge in [0, 0.05) is 26.2 Å². The fourth-order valence-corrected chi connectivity index (χ4v) is 3.87. The molecule has 0 saturated carbocycles. The Kier molecular flexibility index (Phi) is 7.01. The minimum atomic E-state index is -0.556. The number of amides is 2. The molecule has 6 heteroatoms. The second kappa shape index (κ2) is 9.66. The van der Waals surface area contributed by atoms with E-state index in [-0.39, 0.29) is 11.8 Å². The summed E-state index contributed by atoms with van der Waals surface area (Å²) in [6.45, 7) is 1.74. The Bertz CT molecular complexity index is 815. The first kappa shape index (κ1) is 20.3. The number of carbonyl (C=O) groups excluding carboxylic acids is 2. The minimum Gasteiger partial charge on any atom is -0.381 e. The average molecular weight is 384 g/mol.